The molecular weight excluding hydrogens is 134 g/mol. The van der Waals surface area contributed by atoms with Crippen LogP contribution in [0.15, 0.2) is 30.5 Å². The second-order valence-electron chi connectivity index (χ2n) is 2.94. The third kappa shape index (κ3) is 1.97. The van der Waals surface area contributed by atoms with Gasteiger partial charge in [-0.25, -0.2) is 0 Å². The fraction of sp³-hybridized carbons (Fsp3) is 0.400. The summed E-state index contributed by atoms with van der Waals surface area (Å²) in [7, 11) is 0. The lowest BCUT2D eigenvalue weighted by Crippen LogP contribution is -2.00. The van der Waals surface area contributed by atoms with Crippen LogP contribution in [0.4, 0.5) is 0 Å². The molecule has 0 saturated heterocycles. The molecule has 0 saturated carbocycles. The maximum Gasteiger partial charge on any atom is 0.0427 e. The molecule has 0 atom stereocenters. The van der Waals surface area contributed by atoms with E-state index >= 15 is 0 Å². The Hall–Kier alpha value is -0.980. The van der Waals surface area contributed by atoms with E-state index in [-0.39, 0.29) is 0 Å². The van der Waals surface area contributed by atoms with Crippen LogP contribution in [0.2, 0.25) is 0 Å². The van der Waals surface area contributed by atoms with Crippen molar-refractivity contribution >= 4 is 0 Å². The third-order valence-corrected chi connectivity index (χ3v) is 1.73. The Balaban J connectivity index is 2.76. The van der Waals surface area contributed by atoms with Crippen molar-refractivity contribution in [2.24, 2.45) is 0 Å². The van der Waals surface area contributed by atoms with E-state index in [0.717, 1.165) is 13.0 Å². The van der Waals surface area contributed by atoms with E-state index in [1.807, 2.05) is 0 Å². The van der Waals surface area contributed by atoms with Crippen molar-refractivity contribution < 1.29 is 0 Å². The van der Waals surface area contributed by atoms with Crippen LogP contribution in [-0.4, -0.2) is 4.57 Å². The molecule has 0 radical (unpaired) electrons. The molecule has 1 aromatic rings. The Bertz CT molecular complexity index is 245. The normalized spacial score (nSPS) is 10.0. The molecule has 0 aliphatic heterocycles. The average Bonchev–Trinajstić information content (AvgIpc) is 2.34. The summed E-state index contributed by atoms with van der Waals surface area (Å²) in [5.41, 5.74) is 2.59. The SMILES string of the molecule is C=C(C)Cn1cccc1CC. The van der Waals surface area contributed by atoms with Crippen LogP contribution in [-0.2, 0) is 13.0 Å². The number of hydrogen-bond acceptors (Lipinski definition) is 0. The highest BCUT2D eigenvalue weighted by Crippen LogP contribution is 2.05. The van der Waals surface area contributed by atoms with Crippen molar-refractivity contribution in [1.29, 1.82) is 0 Å². The number of allylic oxidation sites excluding steroid dienone is 1. The molecule has 0 aliphatic rings. The summed E-state index contributed by atoms with van der Waals surface area (Å²) in [6.07, 6.45) is 3.20. The second kappa shape index (κ2) is 3.42. The van der Waals surface area contributed by atoms with Gasteiger partial charge in [0, 0.05) is 18.4 Å². The van der Waals surface area contributed by atoms with Gasteiger partial charge in [0.05, 0.1) is 0 Å². The van der Waals surface area contributed by atoms with Crippen LogP contribution in [0.5, 0.6) is 0 Å². The molecular formula is C10H15N. The monoisotopic (exact) mass is 149 g/mol. The molecule has 60 valence electrons. The van der Waals surface area contributed by atoms with E-state index in [1.54, 1.807) is 0 Å². The summed E-state index contributed by atoms with van der Waals surface area (Å²) in [5, 5.41) is 0. The maximum absolute atomic E-state index is 3.88. The summed E-state index contributed by atoms with van der Waals surface area (Å²) in [6.45, 7) is 9.06. The van der Waals surface area contributed by atoms with Crippen LogP contribution >= 0.6 is 0 Å². The predicted molar refractivity (Wildman–Crippen MR) is 48.6 cm³/mol. The van der Waals surface area contributed by atoms with E-state index in [1.165, 1.54) is 11.3 Å². The largest absolute Gasteiger partial charge is 0.347 e. The summed E-state index contributed by atoms with van der Waals surface area (Å²) >= 11 is 0. The molecule has 1 heterocycles. The molecule has 1 aromatic heterocycles. The van der Waals surface area contributed by atoms with Crippen molar-refractivity contribution in [3.05, 3.63) is 36.2 Å². The standard InChI is InChI=1S/C10H15N/c1-4-10-6-5-7-11(10)8-9(2)3/h5-7H,2,4,8H2,1,3H3. The second-order valence-corrected chi connectivity index (χ2v) is 2.94. The van der Waals surface area contributed by atoms with Crippen molar-refractivity contribution in [2.45, 2.75) is 26.8 Å². The van der Waals surface area contributed by atoms with Gasteiger partial charge in [0.15, 0.2) is 0 Å². The van der Waals surface area contributed by atoms with Gasteiger partial charge in [-0.15, -0.1) is 0 Å². The number of nitrogens with zero attached hydrogens (tertiary/aromatic N) is 1. The average molecular weight is 149 g/mol. The number of aromatic nitrogens is 1. The molecule has 0 bridgehead atoms. The van der Waals surface area contributed by atoms with Gasteiger partial charge in [0.25, 0.3) is 0 Å². The van der Waals surface area contributed by atoms with Crippen LogP contribution < -0.4 is 0 Å². The summed E-state index contributed by atoms with van der Waals surface area (Å²) in [6, 6.07) is 4.24. The molecule has 0 aliphatic carbocycles. The minimum absolute atomic E-state index is 0.955. The molecule has 1 heteroatoms. The Kier molecular flexibility index (Phi) is 2.53. The molecule has 0 fully saturated rings. The lowest BCUT2D eigenvalue weighted by Gasteiger charge is -2.06. The molecule has 0 amide bonds. The molecule has 11 heavy (non-hydrogen) atoms. The highest BCUT2D eigenvalue weighted by Gasteiger charge is 1.96. The van der Waals surface area contributed by atoms with E-state index < -0.39 is 0 Å². The zero-order valence-corrected chi connectivity index (χ0v) is 7.30. The first-order chi connectivity index (χ1) is 5.24. The van der Waals surface area contributed by atoms with Crippen LogP contribution in [0, 0.1) is 0 Å². The van der Waals surface area contributed by atoms with Gasteiger partial charge in [-0.05, 0) is 25.5 Å². The number of aryl methyl sites for hydroxylation is 1. The quantitative estimate of drug-likeness (QED) is 0.582. The van der Waals surface area contributed by atoms with Gasteiger partial charge in [-0.3, -0.25) is 0 Å². The predicted octanol–water partition coefficient (Wildman–Crippen LogP) is 2.63. The Labute approximate surface area is 68.4 Å². The molecule has 0 aromatic carbocycles. The Morgan fingerprint density at radius 1 is 1.64 bits per heavy atom. The molecule has 0 unspecified atom stereocenters. The van der Waals surface area contributed by atoms with E-state index in [2.05, 4.69) is 43.3 Å². The van der Waals surface area contributed by atoms with Crippen molar-refractivity contribution in [1.82, 2.24) is 4.57 Å². The smallest absolute Gasteiger partial charge is 0.0427 e. The van der Waals surface area contributed by atoms with Gasteiger partial charge < -0.3 is 4.57 Å². The summed E-state index contributed by atoms with van der Waals surface area (Å²) in [5.74, 6) is 0. The molecule has 0 N–H and O–H groups in total. The van der Waals surface area contributed by atoms with Gasteiger partial charge in [-0.2, -0.15) is 0 Å². The molecule has 0 spiro atoms. The van der Waals surface area contributed by atoms with Crippen LogP contribution in [0.3, 0.4) is 0 Å². The minimum atomic E-state index is 0.955. The van der Waals surface area contributed by atoms with E-state index in [0.29, 0.717) is 0 Å². The first-order valence-corrected chi connectivity index (χ1v) is 4.02. The fourth-order valence-corrected chi connectivity index (χ4v) is 1.22. The lowest BCUT2D eigenvalue weighted by molar-refractivity contribution is 0.741. The lowest BCUT2D eigenvalue weighted by atomic mass is 10.3. The Morgan fingerprint density at radius 2 is 2.36 bits per heavy atom. The van der Waals surface area contributed by atoms with Crippen molar-refractivity contribution in [3.8, 4) is 0 Å². The van der Waals surface area contributed by atoms with Crippen LogP contribution in [0.1, 0.15) is 19.5 Å². The fourth-order valence-electron chi connectivity index (χ4n) is 1.22. The van der Waals surface area contributed by atoms with Gasteiger partial charge in [0.1, 0.15) is 0 Å². The van der Waals surface area contributed by atoms with Gasteiger partial charge in [0.2, 0.25) is 0 Å². The summed E-state index contributed by atoms with van der Waals surface area (Å²) in [4.78, 5) is 0. The van der Waals surface area contributed by atoms with Crippen molar-refractivity contribution in [3.63, 3.8) is 0 Å². The van der Waals surface area contributed by atoms with Crippen LogP contribution in [0.25, 0.3) is 0 Å². The third-order valence-electron chi connectivity index (χ3n) is 1.73. The minimum Gasteiger partial charge on any atom is -0.347 e. The first-order valence-electron chi connectivity index (χ1n) is 4.02. The topological polar surface area (TPSA) is 4.93 Å². The maximum atomic E-state index is 3.88. The molecule has 1 nitrogen and oxygen atoms in total. The highest BCUT2D eigenvalue weighted by atomic mass is 15.0. The number of rotatable bonds is 3. The van der Waals surface area contributed by atoms with Gasteiger partial charge >= 0.3 is 0 Å². The van der Waals surface area contributed by atoms with E-state index in [4.69, 9.17) is 0 Å². The zero-order valence-electron chi connectivity index (χ0n) is 7.30. The zero-order chi connectivity index (χ0) is 8.27. The Morgan fingerprint density at radius 3 is 2.91 bits per heavy atom. The van der Waals surface area contributed by atoms with Crippen molar-refractivity contribution in [2.75, 3.05) is 0 Å². The number of hydrogen-bond donors (Lipinski definition) is 0. The summed E-state index contributed by atoms with van der Waals surface area (Å²) < 4.78 is 2.24. The van der Waals surface area contributed by atoms with E-state index in [9.17, 15) is 0 Å². The first kappa shape index (κ1) is 8.12. The highest BCUT2D eigenvalue weighted by molar-refractivity contribution is 5.09. The molecule has 1 rings (SSSR count). The van der Waals surface area contributed by atoms with Gasteiger partial charge in [-0.1, -0.05) is 19.1 Å².